The fraction of sp³-hybridized carbons (Fsp3) is 0.316. The Balaban J connectivity index is 2.36. The highest BCUT2D eigenvalue weighted by Crippen LogP contribution is 2.28. The molecule has 26 heavy (non-hydrogen) atoms. The van der Waals surface area contributed by atoms with E-state index in [-0.39, 0.29) is 16.8 Å². The molecule has 0 aliphatic rings. The van der Waals surface area contributed by atoms with Gasteiger partial charge in [-0.05, 0) is 69.2 Å². The highest BCUT2D eigenvalue weighted by atomic mass is 32.2. The van der Waals surface area contributed by atoms with Crippen LogP contribution in [0.15, 0.2) is 41.3 Å². The molecule has 0 saturated heterocycles. The van der Waals surface area contributed by atoms with Gasteiger partial charge in [0.2, 0.25) is 10.0 Å². The molecule has 0 bridgehead atoms. The molecule has 0 saturated carbocycles. The minimum atomic E-state index is -3.68. The molecule has 0 radical (unpaired) electrons. The van der Waals surface area contributed by atoms with Crippen molar-refractivity contribution >= 4 is 21.6 Å². The van der Waals surface area contributed by atoms with Crippen molar-refractivity contribution in [1.29, 1.82) is 0 Å². The molecule has 140 valence electrons. The van der Waals surface area contributed by atoms with Gasteiger partial charge in [-0.2, -0.15) is 0 Å². The van der Waals surface area contributed by atoms with Gasteiger partial charge in [0.05, 0.1) is 17.7 Å². The Labute approximate surface area is 154 Å². The van der Waals surface area contributed by atoms with Gasteiger partial charge in [-0.15, -0.1) is 0 Å². The normalized spacial score (nSPS) is 11.5. The summed E-state index contributed by atoms with van der Waals surface area (Å²) in [6.45, 7) is 7.38. The first kappa shape index (κ1) is 19.9. The highest BCUT2D eigenvalue weighted by molar-refractivity contribution is 7.89. The van der Waals surface area contributed by atoms with Gasteiger partial charge in [-0.25, -0.2) is 13.1 Å². The Morgan fingerprint density at radius 1 is 1.04 bits per heavy atom. The van der Waals surface area contributed by atoms with E-state index in [1.807, 2.05) is 19.9 Å². The van der Waals surface area contributed by atoms with Crippen molar-refractivity contribution in [3.63, 3.8) is 0 Å². The maximum atomic E-state index is 12.6. The van der Waals surface area contributed by atoms with Crippen LogP contribution in [-0.4, -0.2) is 27.5 Å². The smallest absolute Gasteiger partial charge is 0.255 e. The van der Waals surface area contributed by atoms with Gasteiger partial charge in [0, 0.05) is 11.6 Å². The third kappa shape index (κ3) is 4.62. The summed E-state index contributed by atoms with van der Waals surface area (Å²) in [7, 11) is -2.22. The van der Waals surface area contributed by atoms with E-state index >= 15 is 0 Å². The number of ether oxygens (including phenoxy) is 1. The number of amides is 1. The van der Waals surface area contributed by atoms with Crippen LogP contribution < -0.4 is 14.8 Å². The average molecular weight is 376 g/mol. The molecule has 0 aliphatic heterocycles. The van der Waals surface area contributed by atoms with Crippen LogP contribution in [0.4, 0.5) is 5.69 Å². The molecule has 0 atom stereocenters. The van der Waals surface area contributed by atoms with Gasteiger partial charge < -0.3 is 10.1 Å². The molecule has 1 amide bonds. The van der Waals surface area contributed by atoms with Crippen molar-refractivity contribution in [1.82, 2.24) is 4.72 Å². The van der Waals surface area contributed by atoms with Crippen molar-refractivity contribution < 1.29 is 17.9 Å². The van der Waals surface area contributed by atoms with Crippen LogP contribution in [0, 0.1) is 13.8 Å². The van der Waals surface area contributed by atoms with E-state index in [1.165, 1.54) is 25.3 Å². The molecular formula is C19H24N2O4S. The molecule has 0 spiro atoms. The van der Waals surface area contributed by atoms with Gasteiger partial charge >= 0.3 is 0 Å². The van der Waals surface area contributed by atoms with Gasteiger partial charge in [-0.3, -0.25) is 4.79 Å². The SMILES string of the molecule is COc1ccc(S(=O)(=O)NC(C)C)cc1NC(=O)c1ccc(C)c(C)c1. The van der Waals surface area contributed by atoms with Gasteiger partial charge in [0.1, 0.15) is 5.75 Å². The van der Waals surface area contributed by atoms with E-state index in [1.54, 1.807) is 26.0 Å². The first-order chi connectivity index (χ1) is 12.1. The maximum absolute atomic E-state index is 12.6. The summed E-state index contributed by atoms with van der Waals surface area (Å²) in [4.78, 5) is 12.6. The topological polar surface area (TPSA) is 84.5 Å². The molecule has 0 aromatic heterocycles. The zero-order valence-corrected chi connectivity index (χ0v) is 16.4. The minimum Gasteiger partial charge on any atom is -0.495 e. The van der Waals surface area contributed by atoms with Crippen molar-refractivity contribution in [3.05, 3.63) is 53.1 Å². The lowest BCUT2D eigenvalue weighted by Gasteiger charge is -2.14. The summed E-state index contributed by atoms with van der Waals surface area (Å²) in [5, 5.41) is 2.73. The van der Waals surface area contributed by atoms with E-state index in [2.05, 4.69) is 10.0 Å². The molecule has 2 rings (SSSR count). The largest absolute Gasteiger partial charge is 0.495 e. The van der Waals surface area contributed by atoms with Crippen LogP contribution in [0.3, 0.4) is 0 Å². The summed E-state index contributed by atoms with van der Waals surface area (Å²) in [5.74, 6) is 0.0449. The van der Waals surface area contributed by atoms with Crippen LogP contribution in [-0.2, 0) is 10.0 Å². The maximum Gasteiger partial charge on any atom is 0.255 e. The molecule has 0 unspecified atom stereocenters. The van der Waals surface area contributed by atoms with Crippen molar-refractivity contribution in [2.45, 2.75) is 38.6 Å². The summed E-state index contributed by atoms with van der Waals surface area (Å²) in [6.07, 6.45) is 0. The number of sulfonamides is 1. The fourth-order valence-corrected chi connectivity index (χ4v) is 3.68. The number of hydrogen-bond acceptors (Lipinski definition) is 4. The Bertz CT molecular complexity index is 921. The summed E-state index contributed by atoms with van der Waals surface area (Å²) in [5.41, 5.74) is 2.88. The van der Waals surface area contributed by atoms with E-state index in [0.29, 0.717) is 17.0 Å². The Kier molecular flexibility index (Phi) is 6.05. The zero-order valence-electron chi connectivity index (χ0n) is 15.6. The molecule has 0 aliphatic carbocycles. The first-order valence-electron chi connectivity index (χ1n) is 8.23. The van der Waals surface area contributed by atoms with Crippen LogP contribution in [0.25, 0.3) is 0 Å². The molecule has 2 aromatic carbocycles. The number of benzene rings is 2. The zero-order chi connectivity index (χ0) is 19.5. The number of aryl methyl sites for hydroxylation is 2. The van der Waals surface area contributed by atoms with E-state index in [4.69, 9.17) is 4.74 Å². The standard InChI is InChI=1S/C19H24N2O4S/c1-12(2)21-26(23,24)16-8-9-18(25-5)17(11-16)20-19(22)15-7-6-13(3)14(4)10-15/h6-12,21H,1-5H3,(H,20,22). The lowest BCUT2D eigenvalue weighted by Crippen LogP contribution is -2.30. The molecule has 7 heteroatoms. The summed E-state index contributed by atoms with van der Waals surface area (Å²) in [6, 6.07) is 9.50. The van der Waals surface area contributed by atoms with Crippen LogP contribution in [0.5, 0.6) is 5.75 Å². The Morgan fingerprint density at radius 3 is 2.31 bits per heavy atom. The predicted octanol–water partition coefficient (Wildman–Crippen LogP) is 3.25. The Hall–Kier alpha value is -2.38. The number of anilines is 1. The number of carbonyl (C=O) groups excluding carboxylic acids is 1. The number of hydrogen-bond donors (Lipinski definition) is 2. The van der Waals surface area contributed by atoms with E-state index in [0.717, 1.165) is 11.1 Å². The lowest BCUT2D eigenvalue weighted by molar-refractivity contribution is 0.102. The highest BCUT2D eigenvalue weighted by Gasteiger charge is 2.19. The monoisotopic (exact) mass is 376 g/mol. The second kappa shape index (κ2) is 7.88. The lowest BCUT2D eigenvalue weighted by atomic mass is 10.1. The average Bonchev–Trinajstić information content (AvgIpc) is 2.56. The third-order valence-electron chi connectivity index (χ3n) is 3.89. The van der Waals surface area contributed by atoms with Gasteiger partial charge in [0.15, 0.2) is 0 Å². The molecule has 0 fully saturated rings. The second-order valence-electron chi connectivity index (χ2n) is 6.39. The van der Waals surface area contributed by atoms with Crippen molar-refractivity contribution in [3.8, 4) is 5.75 Å². The molecule has 0 heterocycles. The van der Waals surface area contributed by atoms with Crippen LogP contribution >= 0.6 is 0 Å². The number of methoxy groups -OCH3 is 1. The van der Waals surface area contributed by atoms with E-state index in [9.17, 15) is 13.2 Å². The summed E-state index contributed by atoms with van der Waals surface area (Å²) < 4.78 is 32.5. The third-order valence-corrected chi connectivity index (χ3v) is 5.55. The van der Waals surface area contributed by atoms with Crippen LogP contribution in [0.1, 0.15) is 35.3 Å². The van der Waals surface area contributed by atoms with E-state index < -0.39 is 10.0 Å². The number of nitrogens with one attached hydrogen (secondary N) is 2. The van der Waals surface area contributed by atoms with Crippen molar-refractivity contribution in [2.75, 3.05) is 12.4 Å². The number of carbonyl (C=O) groups is 1. The molecule has 2 aromatic rings. The minimum absolute atomic E-state index is 0.0578. The molecule has 6 nitrogen and oxygen atoms in total. The molecular weight excluding hydrogens is 352 g/mol. The summed E-state index contributed by atoms with van der Waals surface area (Å²) >= 11 is 0. The second-order valence-corrected chi connectivity index (χ2v) is 8.11. The quantitative estimate of drug-likeness (QED) is 0.810. The predicted molar refractivity (Wildman–Crippen MR) is 102 cm³/mol. The number of rotatable bonds is 6. The fourth-order valence-electron chi connectivity index (χ4n) is 2.41. The van der Waals surface area contributed by atoms with Gasteiger partial charge in [-0.1, -0.05) is 6.07 Å². The first-order valence-corrected chi connectivity index (χ1v) is 9.71. The molecule has 2 N–H and O–H groups in total. The Morgan fingerprint density at radius 2 is 1.73 bits per heavy atom. The van der Waals surface area contributed by atoms with Crippen molar-refractivity contribution in [2.24, 2.45) is 0 Å². The van der Waals surface area contributed by atoms with Gasteiger partial charge in [0.25, 0.3) is 5.91 Å². The van der Waals surface area contributed by atoms with Crippen LogP contribution in [0.2, 0.25) is 0 Å².